The zero-order valence-corrected chi connectivity index (χ0v) is 20.1. The predicted octanol–water partition coefficient (Wildman–Crippen LogP) is 5.02. The Labute approximate surface area is 203 Å². The van der Waals surface area contributed by atoms with Gasteiger partial charge in [0.05, 0.1) is 36.9 Å². The second-order valence-corrected chi connectivity index (χ2v) is 9.52. The molecule has 2 aromatic rings. The molecule has 0 saturated heterocycles. The van der Waals surface area contributed by atoms with E-state index in [0.29, 0.717) is 11.3 Å². The van der Waals surface area contributed by atoms with Crippen molar-refractivity contribution in [3.8, 4) is 0 Å². The highest BCUT2D eigenvalue weighted by atomic mass is 32.2. The first-order valence-corrected chi connectivity index (χ1v) is 12.4. The van der Waals surface area contributed by atoms with Gasteiger partial charge in [-0.05, 0) is 48.3 Å². The third kappa shape index (κ3) is 4.16. The van der Waals surface area contributed by atoms with Gasteiger partial charge in [0.15, 0.2) is 5.17 Å². The van der Waals surface area contributed by atoms with E-state index in [9.17, 15) is 9.59 Å². The smallest absolute Gasteiger partial charge is 0.338 e. The molecule has 2 aromatic carbocycles. The summed E-state index contributed by atoms with van der Waals surface area (Å²) in [4.78, 5) is 32.7. The summed E-state index contributed by atoms with van der Waals surface area (Å²) in [6, 6.07) is 17.8. The number of methoxy groups -OCH3 is 1. The summed E-state index contributed by atoms with van der Waals surface area (Å²) in [6.45, 7) is 1.83. The van der Waals surface area contributed by atoms with Crippen molar-refractivity contribution in [3.63, 3.8) is 0 Å². The van der Waals surface area contributed by atoms with Gasteiger partial charge in [0.1, 0.15) is 0 Å². The largest absolute Gasteiger partial charge is 0.466 e. The molecule has 2 aliphatic heterocycles. The van der Waals surface area contributed by atoms with Gasteiger partial charge in [-0.3, -0.25) is 4.79 Å². The lowest BCUT2D eigenvalue weighted by molar-refractivity contribution is -0.136. The van der Waals surface area contributed by atoms with Crippen LogP contribution in [0.2, 0.25) is 0 Å². The number of allylic oxidation sites excluding steroid dienone is 1. The monoisotopic (exact) mass is 473 g/mol. The molecule has 0 saturated carbocycles. The topological polar surface area (TPSA) is 71.0 Å². The van der Waals surface area contributed by atoms with Gasteiger partial charge in [-0.15, -0.1) is 0 Å². The van der Waals surface area contributed by atoms with Crippen molar-refractivity contribution in [3.05, 3.63) is 93.7 Å². The van der Waals surface area contributed by atoms with E-state index >= 15 is 0 Å². The Morgan fingerprint density at radius 1 is 1.15 bits per heavy atom. The third-order valence-corrected chi connectivity index (χ3v) is 7.46. The van der Waals surface area contributed by atoms with Crippen LogP contribution in [0.5, 0.6) is 0 Å². The lowest BCUT2D eigenvalue weighted by Gasteiger charge is -2.36. The Morgan fingerprint density at radius 3 is 2.71 bits per heavy atom. The quantitative estimate of drug-likeness (QED) is 0.618. The van der Waals surface area contributed by atoms with E-state index in [2.05, 4.69) is 28.5 Å². The van der Waals surface area contributed by atoms with Gasteiger partial charge in [-0.2, -0.15) is 0 Å². The number of amidine groups is 1. The summed E-state index contributed by atoms with van der Waals surface area (Å²) in [5, 5.41) is 5.98. The molecule has 0 aromatic heterocycles. The van der Waals surface area contributed by atoms with E-state index in [1.165, 1.54) is 30.0 Å². The van der Waals surface area contributed by atoms with E-state index in [1.807, 2.05) is 53.6 Å². The molecular formula is C27H27N3O3S. The molecule has 34 heavy (non-hydrogen) atoms. The van der Waals surface area contributed by atoms with Crippen LogP contribution < -0.4 is 5.32 Å². The molecule has 0 fully saturated rings. The van der Waals surface area contributed by atoms with Crippen molar-refractivity contribution in [2.24, 2.45) is 4.99 Å². The number of esters is 1. The number of nitrogens with zero attached hydrogens (tertiary/aromatic N) is 2. The number of hydrogen-bond donors (Lipinski definition) is 1. The Hall–Kier alpha value is -3.32. The van der Waals surface area contributed by atoms with Gasteiger partial charge < -0.3 is 15.0 Å². The minimum absolute atomic E-state index is 0.0271. The molecule has 0 bridgehead atoms. The summed E-state index contributed by atoms with van der Waals surface area (Å²) >= 11 is 1.48. The fourth-order valence-electron chi connectivity index (χ4n) is 5.01. The first-order chi connectivity index (χ1) is 16.6. The lowest BCUT2D eigenvalue weighted by atomic mass is 9.87. The summed E-state index contributed by atoms with van der Waals surface area (Å²) in [6.07, 6.45) is 3.26. The van der Waals surface area contributed by atoms with Crippen LogP contribution in [0.3, 0.4) is 0 Å². The maximum atomic E-state index is 13.2. The first-order valence-electron chi connectivity index (χ1n) is 11.5. The van der Waals surface area contributed by atoms with Crippen molar-refractivity contribution >= 4 is 28.8 Å². The van der Waals surface area contributed by atoms with E-state index in [0.717, 1.165) is 35.7 Å². The molecule has 5 rings (SSSR count). The Bertz CT molecular complexity index is 1220. The van der Waals surface area contributed by atoms with Crippen molar-refractivity contribution in [1.82, 2.24) is 10.2 Å². The van der Waals surface area contributed by atoms with Gasteiger partial charge >= 0.3 is 5.97 Å². The Balaban J connectivity index is 1.41. The maximum absolute atomic E-state index is 13.2. The van der Waals surface area contributed by atoms with Gasteiger partial charge in [0, 0.05) is 5.70 Å². The number of ether oxygens (including phenoxy) is 1. The van der Waals surface area contributed by atoms with Crippen LogP contribution in [-0.2, 0) is 20.7 Å². The summed E-state index contributed by atoms with van der Waals surface area (Å²) in [7, 11) is 1.38. The number of aryl methyl sites for hydroxylation is 1. The number of rotatable bonds is 5. The molecule has 0 unspecified atom stereocenters. The number of hydrogen-bond acceptors (Lipinski definition) is 6. The third-order valence-electron chi connectivity index (χ3n) is 6.57. The van der Waals surface area contributed by atoms with Crippen molar-refractivity contribution < 1.29 is 14.3 Å². The van der Waals surface area contributed by atoms with Crippen molar-refractivity contribution in [2.75, 3.05) is 7.11 Å². The van der Waals surface area contributed by atoms with Gasteiger partial charge in [0.25, 0.3) is 0 Å². The molecular weight excluding hydrogens is 446 g/mol. The van der Waals surface area contributed by atoms with Crippen LogP contribution in [0, 0.1) is 0 Å². The highest BCUT2D eigenvalue weighted by molar-refractivity contribution is 8.16. The van der Waals surface area contributed by atoms with E-state index in [-0.39, 0.29) is 18.4 Å². The van der Waals surface area contributed by atoms with Crippen LogP contribution in [0.4, 0.5) is 0 Å². The number of carbonyl (C=O) groups excluding carboxylic acids is 2. The minimum Gasteiger partial charge on any atom is -0.466 e. The molecule has 1 aliphatic carbocycles. The zero-order chi connectivity index (χ0) is 23.7. The summed E-state index contributed by atoms with van der Waals surface area (Å²) < 4.78 is 5.11. The number of nitrogens with one attached hydrogen (secondary N) is 1. The molecule has 2 atom stereocenters. The van der Waals surface area contributed by atoms with Gasteiger partial charge in [-0.25, -0.2) is 9.79 Å². The summed E-state index contributed by atoms with van der Waals surface area (Å²) in [5.74, 6) is -0.443. The van der Waals surface area contributed by atoms with Gasteiger partial charge in [-0.1, -0.05) is 66.4 Å². The highest BCUT2D eigenvalue weighted by Gasteiger charge is 2.41. The molecule has 6 nitrogen and oxygen atoms in total. The normalized spacial score (nSPS) is 21.3. The molecule has 0 spiro atoms. The standard InChI is InChI=1S/C27H27N3O3S/c1-17-24(26(32)33-2)25(19-10-4-3-5-11-19)30-20(16-34-27(30)28-17)15-23(31)29-22-14-8-12-18-9-6-7-13-21(18)22/h3-7,9-11,13,16,22,25H,8,12,14-15H2,1-2H3,(H,29,31)/t22-,25-/m0/s1. The maximum Gasteiger partial charge on any atom is 0.338 e. The Kier molecular flexibility index (Phi) is 6.28. The number of thioether (sulfide) groups is 1. The number of fused-ring (bicyclic) bond motifs is 2. The average Bonchev–Trinajstić information content (AvgIpc) is 3.25. The van der Waals surface area contributed by atoms with Crippen molar-refractivity contribution in [1.29, 1.82) is 0 Å². The number of aliphatic imine (C=N–C) groups is 1. The Morgan fingerprint density at radius 2 is 1.91 bits per heavy atom. The summed E-state index contributed by atoms with van der Waals surface area (Å²) in [5.41, 5.74) is 5.43. The van der Waals surface area contributed by atoms with Crippen LogP contribution in [0.1, 0.15) is 55.0 Å². The van der Waals surface area contributed by atoms with E-state index in [1.54, 1.807) is 0 Å². The molecule has 1 amide bonds. The second kappa shape index (κ2) is 9.50. The highest BCUT2D eigenvalue weighted by Crippen LogP contribution is 2.44. The van der Waals surface area contributed by atoms with Gasteiger partial charge in [0.2, 0.25) is 5.91 Å². The van der Waals surface area contributed by atoms with Crippen LogP contribution in [-0.4, -0.2) is 29.1 Å². The number of amides is 1. The molecule has 7 heteroatoms. The number of carbonyl (C=O) groups is 2. The fraction of sp³-hybridized carbons (Fsp3) is 0.296. The second-order valence-electron chi connectivity index (χ2n) is 8.68. The molecule has 2 heterocycles. The molecule has 3 aliphatic rings. The van der Waals surface area contributed by atoms with E-state index < -0.39 is 12.0 Å². The van der Waals surface area contributed by atoms with Crippen LogP contribution in [0.15, 0.2) is 82.0 Å². The minimum atomic E-state index is -0.409. The molecule has 174 valence electrons. The zero-order valence-electron chi connectivity index (χ0n) is 19.3. The predicted molar refractivity (Wildman–Crippen MR) is 134 cm³/mol. The fourth-order valence-corrected chi connectivity index (χ4v) is 5.97. The molecule has 0 radical (unpaired) electrons. The average molecular weight is 474 g/mol. The number of benzene rings is 2. The molecule has 1 N–H and O–H groups in total. The van der Waals surface area contributed by atoms with Crippen molar-refractivity contribution in [2.45, 2.75) is 44.7 Å². The van der Waals surface area contributed by atoms with Crippen LogP contribution in [0.25, 0.3) is 0 Å². The lowest BCUT2D eigenvalue weighted by Crippen LogP contribution is -2.38. The van der Waals surface area contributed by atoms with E-state index in [4.69, 9.17) is 4.74 Å². The first kappa shape index (κ1) is 22.5. The SMILES string of the molecule is COC(=O)C1=C(C)N=C2SC=C(CC(=O)N[C@H]3CCCc4ccccc43)N2[C@H]1c1ccccc1. The van der Waals surface area contributed by atoms with Crippen LogP contribution >= 0.6 is 11.8 Å².